The van der Waals surface area contributed by atoms with Gasteiger partial charge in [0.25, 0.3) is 0 Å². The Morgan fingerprint density at radius 3 is 2.61 bits per heavy atom. The molecule has 96 valence electrons. The molecule has 0 spiro atoms. The summed E-state index contributed by atoms with van der Waals surface area (Å²) in [4.78, 5) is 1.37. The Bertz CT molecular complexity index is 450. The zero-order valence-corrected chi connectivity index (χ0v) is 11.7. The first-order chi connectivity index (χ1) is 8.79. The van der Waals surface area contributed by atoms with Gasteiger partial charge in [0.15, 0.2) is 0 Å². The molecule has 0 radical (unpaired) electrons. The standard InChI is InChI=1S/C15H19NOS/c1-3-17-14-8-6-13(7-9-14)12(2)16-11-15-5-4-10-18-15/h4-10,12,16H,3,11H2,1-2H3. The number of hydrogen-bond donors (Lipinski definition) is 1. The van der Waals surface area contributed by atoms with E-state index in [0.29, 0.717) is 12.6 Å². The lowest BCUT2D eigenvalue weighted by Crippen LogP contribution is -2.17. The van der Waals surface area contributed by atoms with Gasteiger partial charge in [-0.05, 0) is 43.0 Å². The normalized spacial score (nSPS) is 12.3. The molecule has 0 aliphatic rings. The van der Waals surface area contributed by atoms with Crippen LogP contribution >= 0.6 is 11.3 Å². The molecule has 1 heterocycles. The highest BCUT2D eigenvalue weighted by Gasteiger charge is 2.05. The van der Waals surface area contributed by atoms with Gasteiger partial charge in [0, 0.05) is 17.5 Å². The molecule has 1 atom stereocenters. The molecule has 0 bridgehead atoms. The molecule has 1 aromatic carbocycles. The summed E-state index contributed by atoms with van der Waals surface area (Å²) in [5.41, 5.74) is 1.29. The van der Waals surface area contributed by atoms with Gasteiger partial charge in [0.05, 0.1) is 6.61 Å². The van der Waals surface area contributed by atoms with Crippen molar-refractivity contribution in [3.05, 3.63) is 52.2 Å². The van der Waals surface area contributed by atoms with Crippen molar-refractivity contribution in [2.24, 2.45) is 0 Å². The van der Waals surface area contributed by atoms with Crippen molar-refractivity contribution in [3.63, 3.8) is 0 Å². The Morgan fingerprint density at radius 2 is 2.00 bits per heavy atom. The van der Waals surface area contributed by atoms with Gasteiger partial charge >= 0.3 is 0 Å². The third kappa shape index (κ3) is 3.59. The van der Waals surface area contributed by atoms with E-state index in [4.69, 9.17) is 4.74 Å². The second-order valence-corrected chi connectivity index (χ2v) is 5.22. The van der Waals surface area contributed by atoms with Crippen LogP contribution in [0.4, 0.5) is 0 Å². The highest BCUT2D eigenvalue weighted by Crippen LogP contribution is 2.18. The highest BCUT2D eigenvalue weighted by atomic mass is 32.1. The average Bonchev–Trinajstić information content (AvgIpc) is 2.90. The average molecular weight is 261 g/mol. The van der Waals surface area contributed by atoms with Gasteiger partial charge in [-0.25, -0.2) is 0 Å². The molecule has 2 aromatic rings. The lowest BCUT2D eigenvalue weighted by Gasteiger charge is -2.14. The Balaban J connectivity index is 1.89. The summed E-state index contributed by atoms with van der Waals surface area (Å²) in [7, 11) is 0. The van der Waals surface area contributed by atoms with E-state index in [2.05, 4.69) is 41.9 Å². The molecule has 3 heteroatoms. The third-order valence-electron chi connectivity index (χ3n) is 2.85. The SMILES string of the molecule is CCOc1ccc(C(C)NCc2cccs2)cc1. The van der Waals surface area contributed by atoms with E-state index in [1.807, 2.05) is 19.1 Å². The second-order valence-electron chi connectivity index (χ2n) is 4.18. The van der Waals surface area contributed by atoms with Crippen molar-refractivity contribution in [3.8, 4) is 5.75 Å². The molecule has 2 rings (SSSR count). The molecule has 1 N–H and O–H groups in total. The summed E-state index contributed by atoms with van der Waals surface area (Å²) < 4.78 is 5.44. The van der Waals surface area contributed by atoms with Crippen LogP contribution in [-0.4, -0.2) is 6.61 Å². The number of nitrogens with one attached hydrogen (secondary N) is 1. The largest absolute Gasteiger partial charge is 0.494 e. The molecular formula is C15H19NOS. The van der Waals surface area contributed by atoms with Crippen LogP contribution in [0.1, 0.15) is 30.3 Å². The zero-order valence-electron chi connectivity index (χ0n) is 10.8. The molecule has 0 amide bonds. The van der Waals surface area contributed by atoms with E-state index < -0.39 is 0 Å². The maximum absolute atomic E-state index is 5.44. The first-order valence-electron chi connectivity index (χ1n) is 6.28. The molecule has 2 nitrogen and oxygen atoms in total. The quantitative estimate of drug-likeness (QED) is 0.848. The van der Waals surface area contributed by atoms with Crippen LogP contribution in [0.5, 0.6) is 5.75 Å². The van der Waals surface area contributed by atoms with E-state index in [-0.39, 0.29) is 0 Å². The van der Waals surface area contributed by atoms with E-state index >= 15 is 0 Å². The first-order valence-corrected chi connectivity index (χ1v) is 7.16. The monoisotopic (exact) mass is 261 g/mol. The second kappa shape index (κ2) is 6.57. The van der Waals surface area contributed by atoms with Crippen LogP contribution in [0.2, 0.25) is 0 Å². The highest BCUT2D eigenvalue weighted by molar-refractivity contribution is 7.09. The molecule has 0 saturated carbocycles. The summed E-state index contributed by atoms with van der Waals surface area (Å²) in [6, 6.07) is 12.9. The van der Waals surface area contributed by atoms with Crippen molar-refractivity contribution in [1.82, 2.24) is 5.32 Å². The summed E-state index contributed by atoms with van der Waals surface area (Å²) in [5.74, 6) is 0.937. The van der Waals surface area contributed by atoms with Crippen molar-refractivity contribution in [1.29, 1.82) is 0 Å². The van der Waals surface area contributed by atoms with E-state index in [1.165, 1.54) is 10.4 Å². The smallest absolute Gasteiger partial charge is 0.119 e. The minimum atomic E-state index is 0.350. The molecule has 1 aromatic heterocycles. The molecule has 0 aliphatic heterocycles. The van der Waals surface area contributed by atoms with Crippen LogP contribution in [0.25, 0.3) is 0 Å². The number of benzene rings is 1. The summed E-state index contributed by atoms with van der Waals surface area (Å²) >= 11 is 1.79. The molecule has 0 aliphatic carbocycles. The lowest BCUT2D eigenvalue weighted by atomic mass is 10.1. The topological polar surface area (TPSA) is 21.3 Å². The van der Waals surface area contributed by atoms with E-state index in [0.717, 1.165) is 12.3 Å². The van der Waals surface area contributed by atoms with Gasteiger partial charge in [-0.2, -0.15) is 0 Å². The summed E-state index contributed by atoms with van der Waals surface area (Å²) in [6.45, 7) is 5.82. The number of ether oxygens (including phenoxy) is 1. The van der Waals surface area contributed by atoms with Crippen molar-refractivity contribution < 1.29 is 4.74 Å². The van der Waals surface area contributed by atoms with Gasteiger partial charge in [-0.3, -0.25) is 0 Å². The Labute approximate surface area is 113 Å². The van der Waals surface area contributed by atoms with Crippen molar-refractivity contribution in [2.45, 2.75) is 26.4 Å². The summed E-state index contributed by atoms with van der Waals surface area (Å²) in [5, 5.41) is 5.63. The fraction of sp³-hybridized carbons (Fsp3) is 0.333. The maximum atomic E-state index is 5.44. The number of thiophene rings is 1. The molecule has 0 fully saturated rings. The number of hydrogen-bond acceptors (Lipinski definition) is 3. The van der Waals surface area contributed by atoms with Gasteiger partial charge in [0.2, 0.25) is 0 Å². The summed E-state index contributed by atoms with van der Waals surface area (Å²) in [6.07, 6.45) is 0. The van der Waals surface area contributed by atoms with Crippen LogP contribution in [0, 0.1) is 0 Å². The van der Waals surface area contributed by atoms with E-state index in [1.54, 1.807) is 11.3 Å². The first kappa shape index (κ1) is 13.1. The minimum absolute atomic E-state index is 0.350. The van der Waals surface area contributed by atoms with Gasteiger partial charge in [0.1, 0.15) is 5.75 Å². The molecule has 18 heavy (non-hydrogen) atoms. The Hall–Kier alpha value is -1.32. The van der Waals surface area contributed by atoms with Crippen molar-refractivity contribution in [2.75, 3.05) is 6.61 Å². The van der Waals surface area contributed by atoms with Crippen LogP contribution in [0.15, 0.2) is 41.8 Å². The van der Waals surface area contributed by atoms with E-state index in [9.17, 15) is 0 Å². The fourth-order valence-electron chi connectivity index (χ4n) is 1.80. The van der Waals surface area contributed by atoms with Gasteiger partial charge in [-0.15, -0.1) is 11.3 Å². The molecular weight excluding hydrogens is 242 g/mol. The van der Waals surface area contributed by atoms with Crippen molar-refractivity contribution >= 4 is 11.3 Å². The minimum Gasteiger partial charge on any atom is -0.494 e. The maximum Gasteiger partial charge on any atom is 0.119 e. The predicted molar refractivity (Wildman–Crippen MR) is 77.2 cm³/mol. The van der Waals surface area contributed by atoms with Crippen LogP contribution in [0.3, 0.4) is 0 Å². The van der Waals surface area contributed by atoms with Crippen LogP contribution < -0.4 is 10.1 Å². The third-order valence-corrected chi connectivity index (χ3v) is 3.73. The Kier molecular flexibility index (Phi) is 4.79. The molecule has 0 saturated heterocycles. The fourth-order valence-corrected chi connectivity index (χ4v) is 2.46. The zero-order chi connectivity index (χ0) is 12.8. The number of rotatable bonds is 6. The van der Waals surface area contributed by atoms with Crippen LogP contribution in [-0.2, 0) is 6.54 Å². The Morgan fingerprint density at radius 1 is 1.22 bits per heavy atom. The lowest BCUT2D eigenvalue weighted by molar-refractivity contribution is 0.340. The molecule has 1 unspecified atom stereocenters. The van der Waals surface area contributed by atoms with Gasteiger partial charge < -0.3 is 10.1 Å². The van der Waals surface area contributed by atoms with Gasteiger partial charge in [-0.1, -0.05) is 18.2 Å². The predicted octanol–water partition coefficient (Wildman–Crippen LogP) is 4.00.